The summed E-state index contributed by atoms with van der Waals surface area (Å²) in [6.45, 7) is 1.02. The molecule has 2 aromatic rings. The Morgan fingerprint density at radius 2 is 1.72 bits per heavy atom. The Hall–Kier alpha value is -3.26. The average Bonchev–Trinajstić information content (AvgIpc) is 2.94. The van der Waals surface area contributed by atoms with Crippen LogP contribution in [-0.4, -0.2) is 41.5 Å². The van der Waals surface area contributed by atoms with Gasteiger partial charge in [-0.15, -0.1) is 0 Å². The molecule has 1 spiro atoms. The number of nitrogens with zero attached hydrogens (tertiary/aromatic N) is 1. The molecule has 4 rings (SSSR count). The lowest BCUT2D eigenvalue weighted by Crippen LogP contribution is -2.51. The molecule has 7 nitrogen and oxygen atoms in total. The van der Waals surface area contributed by atoms with Crippen molar-refractivity contribution >= 4 is 23.5 Å². The molecule has 2 heterocycles. The Bertz CT molecular complexity index is 937. The lowest BCUT2D eigenvalue weighted by Gasteiger charge is -2.30. The normalized spacial score (nSPS) is 18.0. The highest BCUT2D eigenvalue weighted by atomic mass is 19.1. The highest BCUT2D eigenvalue weighted by Gasteiger charge is 2.51. The van der Waals surface area contributed by atoms with E-state index in [0.717, 1.165) is 5.56 Å². The number of anilines is 1. The molecule has 0 bridgehead atoms. The molecule has 0 saturated carbocycles. The van der Waals surface area contributed by atoms with E-state index in [-0.39, 0.29) is 24.2 Å². The van der Waals surface area contributed by atoms with Gasteiger partial charge in [0.1, 0.15) is 11.4 Å². The highest BCUT2D eigenvalue weighted by Crippen LogP contribution is 2.29. The van der Waals surface area contributed by atoms with Gasteiger partial charge in [-0.3, -0.25) is 14.5 Å². The van der Waals surface area contributed by atoms with E-state index in [1.807, 2.05) is 0 Å². The van der Waals surface area contributed by atoms with Crippen molar-refractivity contribution in [2.24, 2.45) is 0 Å². The van der Waals surface area contributed by atoms with E-state index in [0.29, 0.717) is 37.3 Å². The fourth-order valence-corrected chi connectivity index (χ4v) is 3.56. The van der Waals surface area contributed by atoms with E-state index in [4.69, 9.17) is 4.74 Å². The summed E-state index contributed by atoms with van der Waals surface area (Å²) in [6.07, 6.45) is 0.938. The number of halogens is 1. The molecule has 2 aliphatic heterocycles. The molecule has 2 aliphatic rings. The molecule has 4 amide bonds. The van der Waals surface area contributed by atoms with E-state index in [2.05, 4.69) is 10.6 Å². The van der Waals surface area contributed by atoms with Crippen molar-refractivity contribution in [3.8, 4) is 0 Å². The fraction of sp³-hybridized carbons (Fsp3) is 0.286. The quantitative estimate of drug-likeness (QED) is 0.777. The van der Waals surface area contributed by atoms with Crippen LogP contribution in [0.3, 0.4) is 0 Å². The molecule has 8 heteroatoms. The van der Waals surface area contributed by atoms with Gasteiger partial charge in [0.05, 0.1) is 6.54 Å². The van der Waals surface area contributed by atoms with E-state index in [9.17, 15) is 18.8 Å². The van der Waals surface area contributed by atoms with E-state index in [1.54, 1.807) is 24.3 Å². The Balaban J connectivity index is 1.41. The summed E-state index contributed by atoms with van der Waals surface area (Å²) < 4.78 is 18.3. The molecule has 2 fully saturated rings. The number of rotatable bonds is 4. The van der Waals surface area contributed by atoms with Gasteiger partial charge >= 0.3 is 6.03 Å². The molecule has 2 aromatic carbocycles. The van der Waals surface area contributed by atoms with Crippen molar-refractivity contribution in [3.05, 3.63) is 65.5 Å². The van der Waals surface area contributed by atoms with Gasteiger partial charge in [-0.2, -0.15) is 0 Å². The third-order valence-corrected chi connectivity index (χ3v) is 5.25. The fourth-order valence-electron chi connectivity index (χ4n) is 3.56. The molecule has 0 aliphatic carbocycles. The van der Waals surface area contributed by atoms with Gasteiger partial charge in [0, 0.05) is 37.3 Å². The second kappa shape index (κ2) is 7.63. The number of imide groups is 1. The maximum Gasteiger partial charge on any atom is 0.325 e. The largest absolute Gasteiger partial charge is 0.381 e. The Kier molecular flexibility index (Phi) is 5.02. The summed E-state index contributed by atoms with van der Waals surface area (Å²) in [7, 11) is 0. The van der Waals surface area contributed by atoms with Crippen LogP contribution in [0.1, 0.15) is 28.8 Å². The molecule has 2 saturated heterocycles. The van der Waals surface area contributed by atoms with Crippen LogP contribution < -0.4 is 10.6 Å². The van der Waals surface area contributed by atoms with Crippen LogP contribution in [-0.2, 0) is 16.1 Å². The number of urea groups is 1. The van der Waals surface area contributed by atoms with Gasteiger partial charge in [-0.05, 0) is 42.0 Å². The van der Waals surface area contributed by atoms with E-state index >= 15 is 0 Å². The summed E-state index contributed by atoms with van der Waals surface area (Å²) in [5.74, 6) is -0.946. The molecule has 29 heavy (non-hydrogen) atoms. The van der Waals surface area contributed by atoms with Crippen LogP contribution in [0.25, 0.3) is 0 Å². The van der Waals surface area contributed by atoms with E-state index in [1.165, 1.54) is 29.2 Å². The summed E-state index contributed by atoms with van der Waals surface area (Å²) in [5, 5.41) is 5.50. The van der Waals surface area contributed by atoms with Crippen LogP contribution in [0, 0.1) is 5.82 Å². The summed E-state index contributed by atoms with van der Waals surface area (Å²) in [6, 6.07) is 11.7. The first-order valence-electron chi connectivity index (χ1n) is 9.35. The average molecular weight is 397 g/mol. The summed E-state index contributed by atoms with van der Waals surface area (Å²) >= 11 is 0. The zero-order valence-electron chi connectivity index (χ0n) is 15.6. The second-order valence-corrected chi connectivity index (χ2v) is 7.17. The molecular weight excluding hydrogens is 377 g/mol. The number of nitrogens with one attached hydrogen (secondary N) is 2. The molecule has 0 aromatic heterocycles. The van der Waals surface area contributed by atoms with Crippen molar-refractivity contribution in [1.82, 2.24) is 10.2 Å². The molecule has 2 N–H and O–H groups in total. The Morgan fingerprint density at radius 1 is 1.07 bits per heavy atom. The lowest BCUT2D eigenvalue weighted by molar-refractivity contribution is -0.134. The number of ether oxygens (including phenoxy) is 1. The Morgan fingerprint density at radius 3 is 2.38 bits per heavy atom. The van der Waals surface area contributed by atoms with Gasteiger partial charge in [-0.25, -0.2) is 9.18 Å². The van der Waals surface area contributed by atoms with Gasteiger partial charge in [0.15, 0.2) is 0 Å². The predicted octanol–water partition coefficient (Wildman–Crippen LogP) is 2.68. The molecule has 0 unspecified atom stereocenters. The topological polar surface area (TPSA) is 87.7 Å². The zero-order valence-corrected chi connectivity index (χ0v) is 15.6. The number of carbonyl (C=O) groups excluding carboxylic acids is 3. The number of benzene rings is 2. The van der Waals surface area contributed by atoms with Gasteiger partial charge in [0.2, 0.25) is 0 Å². The van der Waals surface area contributed by atoms with Gasteiger partial charge in [0.25, 0.3) is 11.8 Å². The lowest BCUT2D eigenvalue weighted by atomic mass is 9.90. The SMILES string of the molecule is O=C(Nc1ccc(F)cc1)c1ccc(CN2C(=O)NC3(CCOCC3)C2=O)cc1. The van der Waals surface area contributed by atoms with E-state index < -0.39 is 11.6 Å². The van der Waals surface area contributed by atoms with Crippen LogP contribution in [0.4, 0.5) is 14.9 Å². The number of carbonyl (C=O) groups is 3. The summed E-state index contributed by atoms with van der Waals surface area (Å²) in [5.41, 5.74) is 0.776. The number of amides is 4. The van der Waals surface area contributed by atoms with Crippen molar-refractivity contribution in [2.45, 2.75) is 24.9 Å². The predicted molar refractivity (Wildman–Crippen MR) is 103 cm³/mol. The Labute approximate surface area is 166 Å². The minimum atomic E-state index is -0.857. The van der Waals surface area contributed by atoms with Crippen LogP contribution >= 0.6 is 0 Å². The minimum Gasteiger partial charge on any atom is -0.381 e. The minimum absolute atomic E-state index is 0.132. The third kappa shape index (κ3) is 3.84. The molecule has 150 valence electrons. The maximum absolute atomic E-state index is 13.0. The first-order chi connectivity index (χ1) is 14.0. The maximum atomic E-state index is 13.0. The molecule has 0 atom stereocenters. The second-order valence-electron chi connectivity index (χ2n) is 7.17. The number of hydrogen-bond donors (Lipinski definition) is 2. The third-order valence-electron chi connectivity index (χ3n) is 5.25. The van der Waals surface area contributed by atoms with Crippen molar-refractivity contribution in [1.29, 1.82) is 0 Å². The monoisotopic (exact) mass is 397 g/mol. The van der Waals surface area contributed by atoms with Crippen molar-refractivity contribution in [2.75, 3.05) is 18.5 Å². The summed E-state index contributed by atoms with van der Waals surface area (Å²) in [4.78, 5) is 38.6. The first kappa shape index (κ1) is 19.1. The smallest absolute Gasteiger partial charge is 0.325 e. The van der Waals surface area contributed by atoms with Crippen LogP contribution in [0.5, 0.6) is 0 Å². The van der Waals surface area contributed by atoms with Gasteiger partial charge < -0.3 is 15.4 Å². The zero-order chi connectivity index (χ0) is 20.4. The highest BCUT2D eigenvalue weighted by molar-refractivity contribution is 6.07. The first-order valence-corrected chi connectivity index (χ1v) is 9.35. The van der Waals surface area contributed by atoms with Gasteiger partial charge in [-0.1, -0.05) is 12.1 Å². The van der Waals surface area contributed by atoms with Crippen LogP contribution in [0.15, 0.2) is 48.5 Å². The standard InChI is InChI=1S/C21H20FN3O4/c22-16-5-7-17(8-6-16)23-18(26)15-3-1-14(2-4-15)13-25-19(27)21(24-20(25)28)9-11-29-12-10-21/h1-8H,9-13H2,(H,23,26)(H,24,28). The van der Waals surface area contributed by atoms with Crippen molar-refractivity contribution < 1.29 is 23.5 Å². The van der Waals surface area contributed by atoms with Crippen LogP contribution in [0.2, 0.25) is 0 Å². The molecule has 0 radical (unpaired) electrons. The number of hydrogen-bond acceptors (Lipinski definition) is 4. The molecular formula is C21H20FN3O4. The van der Waals surface area contributed by atoms with Crippen molar-refractivity contribution in [3.63, 3.8) is 0 Å².